The maximum Gasteiger partial charge on any atom is 0.278 e. The number of carbonyl (C=O) groups is 1. The van der Waals surface area contributed by atoms with Crippen molar-refractivity contribution in [2.45, 2.75) is 26.3 Å². The molecule has 0 aliphatic carbocycles. The highest BCUT2D eigenvalue weighted by molar-refractivity contribution is 7.22. The Morgan fingerprint density at radius 1 is 1.25 bits per heavy atom. The van der Waals surface area contributed by atoms with Crippen LogP contribution in [0.15, 0.2) is 30.5 Å². The van der Waals surface area contributed by atoms with Gasteiger partial charge in [0.2, 0.25) is 0 Å². The molecule has 0 spiro atoms. The second kappa shape index (κ2) is 9.45. The van der Waals surface area contributed by atoms with Gasteiger partial charge in [0, 0.05) is 18.8 Å². The van der Waals surface area contributed by atoms with Crippen LogP contribution in [0.3, 0.4) is 0 Å². The van der Waals surface area contributed by atoms with Crippen molar-refractivity contribution < 1.29 is 9.18 Å². The van der Waals surface area contributed by atoms with E-state index in [4.69, 9.17) is 0 Å². The number of hydrogen-bond donors (Lipinski definition) is 0. The van der Waals surface area contributed by atoms with Crippen LogP contribution in [0.4, 0.5) is 9.52 Å². The number of anilines is 1. The Morgan fingerprint density at radius 3 is 2.68 bits per heavy atom. The summed E-state index contributed by atoms with van der Waals surface area (Å²) in [6.07, 6.45) is 2.44. The third-order valence-electron chi connectivity index (χ3n) is 4.18. The third-order valence-corrected chi connectivity index (χ3v) is 5.22. The molecular formula is C19H25ClFN5OS. The molecule has 2 heterocycles. The molecule has 0 saturated carbocycles. The van der Waals surface area contributed by atoms with Gasteiger partial charge in [0.25, 0.3) is 5.91 Å². The molecule has 0 bridgehead atoms. The minimum absolute atomic E-state index is 0. The first-order chi connectivity index (χ1) is 12.9. The fourth-order valence-corrected chi connectivity index (χ4v) is 3.88. The van der Waals surface area contributed by atoms with Crippen LogP contribution in [0.1, 0.15) is 36.8 Å². The molecule has 3 aromatic rings. The van der Waals surface area contributed by atoms with Gasteiger partial charge in [-0.2, -0.15) is 5.10 Å². The van der Waals surface area contributed by atoms with Crippen LogP contribution < -0.4 is 4.90 Å². The van der Waals surface area contributed by atoms with Gasteiger partial charge >= 0.3 is 0 Å². The molecule has 0 N–H and O–H groups in total. The van der Waals surface area contributed by atoms with Crippen molar-refractivity contribution in [1.29, 1.82) is 0 Å². The van der Waals surface area contributed by atoms with E-state index in [1.165, 1.54) is 23.5 Å². The Labute approximate surface area is 174 Å². The van der Waals surface area contributed by atoms with Crippen molar-refractivity contribution in [2.75, 3.05) is 32.1 Å². The molecular weight excluding hydrogens is 401 g/mol. The molecule has 152 valence electrons. The Bertz CT molecular complexity index is 939. The highest BCUT2D eigenvalue weighted by Gasteiger charge is 2.24. The first-order valence-electron chi connectivity index (χ1n) is 8.93. The fourth-order valence-electron chi connectivity index (χ4n) is 2.86. The monoisotopic (exact) mass is 425 g/mol. The lowest BCUT2D eigenvalue weighted by molar-refractivity contribution is 0.0974. The molecule has 28 heavy (non-hydrogen) atoms. The zero-order valence-electron chi connectivity index (χ0n) is 16.4. The lowest BCUT2D eigenvalue weighted by atomic mass is 10.3. The van der Waals surface area contributed by atoms with Crippen LogP contribution in [0, 0.1) is 5.82 Å². The van der Waals surface area contributed by atoms with Crippen molar-refractivity contribution in [2.24, 2.45) is 0 Å². The first-order valence-corrected chi connectivity index (χ1v) is 9.74. The number of amides is 1. The molecule has 0 saturated heterocycles. The van der Waals surface area contributed by atoms with Gasteiger partial charge in [-0.15, -0.1) is 12.4 Å². The van der Waals surface area contributed by atoms with Crippen LogP contribution in [-0.4, -0.2) is 52.8 Å². The molecule has 9 heteroatoms. The Kier molecular flexibility index (Phi) is 7.51. The van der Waals surface area contributed by atoms with Gasteiger partial charge < -0.3 is 4.90 Å². The summed E-state index contributed by atoms with van der Waals surface area (Å²) in [5.74, 6) is -0.444. The van der Waals surface area contributed by atoms with Gasteiger partial charge in [-0.1, -0.05) is 11.3 Å². The van der Waals surface area contributed by atoms with E-state index in [9.17, 15) is 9.18 Å². The maximum absolute atomic E-state index is 13.5. The van der Waals surface area contributed by atoms with Gasteiger partial charge in [0.15, 0.2) is 5.13 Å². The molecule has 3 rings (SSSR count). The van der Waals surface area contributed by atoms with E-state index >= 15 is 0 Å². The molecule has 0 atom stereocenters. The highest BCUT2D eigenvalue weighted by atomic mass is 35.5. The quantitative estimate of drug-likeness (QED) is 0.568. The largest absolute Gasteiger partial charge is 0.309 e. The SMILES string of the molecule is CC(C)n1nccc1C(=O)N(CCCN(C)C)c1nc2ccc(F)cc2s1.Cl. The van der Waals surface area contributed by atoms with Crippen molar-refractivity contribution in [3.8, 4) is 0 Å². The number of hydrogen-bond acceptors (Lipinski definition) is 5. The number of nitrogens with zero attached hydrogens (tertiary/aromatic N) is 5. The van der Waals surface area contributed by atoms with Crippen LogP contribution in [0.5, 0.6) is 0 Å². The molecule has 0 aliphatic rings. The van der Waals surface area contributed by atoms with Gasteiger partial charge in [-0.05, 0) is 65.2 Å². The summed E-state index contributed by atoms with van der Waals surface area (Å²) in [6.45, 7) is 5.36. The average Bonchev–Trinajstić information content (AvgIpc) is 3.24. The maximum atomic E-state index is 13.5. The Hall–Kier alpha value is -2.03. The predicted octanol–water partition coefficient (Wildman–Crippen LogP) is 4.23. The summed E-state index contributed by atoms with van der Waals surface area (Å²) in [4.78, 5) is 21.6. The fraction of sp³-hybridized carbons (Fsp3) is 0.421. The van der Waals surface area contributed by atoms with Crippen molar-refractivity contribution >= 4 is 45.0 Å². The summed E-state index contributed by atoms with van der Waals surface area (Å²) < 4.78 is 16.0. The summed E-state index contributed by atoms with van der Waals surface area (Å²) in [7, 11) is 4.00. The molecule has 0 radical (unpaired) electrons. The summed E-state index contributed by atoms with van der Waals surface area (Å²) in [5, 5.41) is 4.85. The van der Waals surface area contributed by atoms with E-state index in [1.807, 2.05) is 27.9 Å². The van der Waals surface area contributed by atoms with Crippen LogP contribution in [0.2, 0.25) is 0 Å². The number of thiazole rings is 1. The van der Waals surface area contributed by atoms with Crippen molar-refractivity contribution in [3.63, 3.8) is 0 Å². The average molecular weight is 426 g/mol. The van der Waals surface area contributed by atoms with E-state index < -0.39 is 0 Å². The molecule has 1 amide bonds. The van der Waals surface area contributed by atoms with Gasteiger partial charge in [-0.3, -0.25) is 14.4 Å². The van der Waals surface area contributed by atoms with E-state index in [2.05, 4.69) is 15.0 Å². The number of halogens is 2. The van der Waals surface area contributed by atoms with Crippen LogP contribution >= 0.6 is 23.7 Å². The number of benzene rings is 1. The molecule has 1 aromatic carbocycles. The molecule has 0 aliphatic heterocycles. The van der Waals surface area contributed by atoms with E-state index in [1.54, 1.807) is 27.9 Å². The van der Waals surface area contributed by atoms with Gasteiger partial charge in [0.1, 0.15) is 11.5 Å². The van der Waals surface area contributed by atoms with E-state index in [-0.39, 0.29) is 30.2 Å². The molecule has 0 fully saturated rings. The van der Waals surface area contributed by atoms with Crippen molar-refractivity contribution in [1.82, 2.24) is 19.7 Å². The second-order valence-corrected chi connectivity index (χ2v) is 7.99. The minimum Gasteiger partial charge on any atom is -0.309 e. The number of aromatic nitrogens is 3. The van der Waals surface area contributed by atoms with Gasteiger partial charge in [0.05, 0.1) is 10.2 Å². The molecule has 6 nitrogen and oxygen atoms in total. The van der Waals surface area contributed by atoms with Crippen molar-refractivity contribution in [3.05, 3.63) is 42.0 Å². The topological polar surface area (TPSA) is 54.3 Å². The first kappa shape index (κ1) is 22.3. The highest BCUT2D eigenvalue weighted by Crippen LogP contribution is 2.30. The lowest BCUT2D eigenvalue weighted by Crippen LogP contribution is -2.35. The van der Waals surface area contributed by atoms with Gasteiger partial charge in [-0.25, -0.2) is 9.37 Å². The molecule has 0 unspecified atom stereocenters. The van der Waals surface area contributed by atoms with Crippen LogP contribution in [0.25, 0.3) is 10.2 Å². The van der Waals surface area contributed by atoms with Crippen LogP contribution in [-0.2, 0) is 0 Å². The lowest BCUT2D eigenvalue weighted by Gasteiger charge is -2.22. The summed E-state index contributed by atoms with van der Waals surface area (Å²) in [6, 6.07) is 6.29. The standard InChI is InChI=1S/C19H24FN5OS.ClH/c1-13(2)25-16(8-9-21-25)18(26)24(11-5-10-23(3)4)19-22-15-7-6-14(20)12-17(15)27-19;/h6-9,12-13H,5,10-11H2,1-4H3;1H. The van der Waals surface area contributed by atoms with E-state index in [0.717, 1.165) is 17.7 Å². The smallest absolute Gasteiger partial charge is 0.278 e. The zero-order valence-corrected chi connectivity index (χ0v) is 18.1. The molecule has 2 aromatic heterocycles. The van der Waals surface area contributed by atoms with E-state index in [0.29, 0.717) is 22.9 Å². The summed E-state index contributed by atoms with van der Waals surface area (Å²) >= 11 is 1.33. The number of carbonyl (C=O) groups excluding carboxylic acids is 1. The second-order valence-electron chi connectivity index (χ2n) is 6.98. The minimum atomic E-state index is -0.305. The number of rotatable bonds is 7. The summed E-state index contributed by atoms with van der Waals surface area (Å²) in [5.41, 5.74) is 1.22. The number of fused-ring (bicyclic) bond motifs is 1. The zero-order chi connectivity index (χ0) is 19.6. The Balaban J connectivity index is 0.00000280. The third kappa shape index (κ3) is 4.87. The Morgan fingerprint density at radius 2 is 2.00 bits per heavy atom. The predicted molar refractivity (Wildman–Crippen MR) is 114 cm³/mol. The normalized spacial score (nSPS) is 11.2.